The van der Waals surface area contributed by atoms with Gasteiger partial charge in [-0.25, -0.2) is 0 Å². The van der Waals surface area contributed by atoms with Crippen molar-refractivity contribution in [3.05, 3.63) is 35.4 Å². The number of carbonyl (C=O) groups is 1. The van der Waals surface area contributed by atoms with Crippen molar-refractivity contribution in [2.45, 2.75) is 45.4 Å². The summed E-state index contributed by atoms with van der Waals surface area (Å²) >= 11 is 0. The van der Waals surface area contributed by atoms with Crippen LogP contribution in [-0.2, 0) is 11.2 Å². The highest BCUT2D eigenvalue weighted by molar-refractivity contribution is 5.81. The second kappa shape index (κ2) is 5.29. The Kier molecular flexibility index (Phi) is 3.76. The van der Waals surface area contributed by atoms with Crippen molar-refractivity contribution in [1.29, 1.82) is 0 Å². The Morgan fingerprint density at radius 3 is 2.75 bits per heavy atom. The van der Waals surface area contributed by atoms with Gasteiger partial charge in [0.1, 0.15) is 5.78 Å². The highest BCUT2D eigenvalue weighted by Crippen LogP contribution is 2.26. The van der Waals surface area contributed by atoms with Crippen molar-refractivity contribution in [1.82, 2.24) is 0 Å². The maximum Gasteiger partial charge on any atom is 0.136 e. The van der Waals surface area contributed by atoms with Crippen LogP contribution in [0.15, 0.2) is 24.3 Å². The lowest BCUT2D eigenvalue weighted by atomic mass is 9.96. The minimum atomic E-state index is 0.379. The first-order chi connectivity index (χ1) is 7.75. The Bertz CT molecular complexity index is 361. The van der Waals surface area contributed by atoms with Gasteiger partial charge in [0.05, 0.1) is 0 Å². The SMILES string of the molecule is Cc1cccc(CCC(=O)C2CCCC2)c1. The molecule has 1 saturated carbocycles. The molecule has 0 N–H and O–H groups in total. The first-order valence-electron chi connectivity index (χ1n) is 6.34. The summed E-state index contributed by atoms with van der Waals surface area (Å²) in [5.41, 5.74) is 2.58. The van der Waals surface area contributed by atoms with E-state index in [1.807, 2.05) is 0 Å². The van der Waals surface area contributed by atoms with Gasteiger partial charge in [0.2, 0.25) is 0 Å². The summed E-state index contributed by atoms with van der Waals surface area (Å²) in [5, 5.41) is 0. The van der Waals surface area contributed by atoms with Gasteiger partial charge in [0.25, 0.3) is 0 Å². The van der Waals surface area contributed by atoms with E-state index >= 15 is 0 Å². The van der Waals surface area contributed by atoms with Crippen molar-refractivity contribution in [2.75, 3.05) is 0 Å². The summed E-state index contributed by atoms with van der Waals surface area (Å²) in [7, 11) is 0. The lowest BCUT2D eigenvalue weighted by Gasteiger charge is -2.07. The fraction of sp³-hybridized carbons (Fsp3) is 0.533. The summed E-state index contributed by atoms with van der Waals surface area (Å²) in [5.74, 6) is 0.865. The van der Waals surface area contributed by atoms with Gasteiger partial charge in [-0.15, -0.1) is 0 Å². The molecule has 0 radical (unpaired) electrons. The third kappa shape index (κ3) is 2.94. The molecule has 86 valence electrons. The maximum atomic E-state index is 11.9. The standard InChI is InChI=1S/C15H20O/c1-12-5-4-6-13(11-12)9-10-15(16)14-7-2-3-8-14/h4-6,11,14H,2-3,7-10H2,1H3. The predicted molar refractivity (Wildman–Crippen MR) is 66.5 cm³/mol. The van der Waals surface area contributed by atoms with Crippen molar-refractivity contribution >= 4 is 5.78 Å². The zero-order valence-corrected chi connectivity index (χ0v) is 10.0. The van der Waals surface area contributed by atoms with E-state index < -0.39 is 0 Å². The molecule has 2 rings (SSSR count). The molecule has 0 saturated heterocycles. The summed E-state index contributed by atoms with van der Waals surface area (Å²) < 4.78 is 0. The molecule has 1 aliphatic carbocycles. The molecule has 0 spiro atoms. The summed E-state index contributed by atoms with van der Waals surface area (Å²) in [6, 6.07) is 8.48. The molecule has 0 aromatic heterocycles. The zero-order chi connectivity index (χ0) is 11.4. The van der Waals surface area contributed by atoms with Crippen LogP contribution < -0.4 is 0 Å². The van der Waals surface area contributed by atoms with Gasteiger partial charge in [0.15, 0.2) is 0 Å². The lowest BCUT2D eigenvalue weighted by Crippen LogP contribution is -2.11. The number of hydrogen-bond donors (Lipinski definition) is 0. The smallest absolute Gasteiger partial charge is 0.136 e. The van der Waals surface area contributed by atoms with E-state index in [1.54, 1.807) is 0 Å². The normalized spacial score (nSPS) is 16.6. The molecule has 1 nitrogen and oxygen atoms in total. The van der Waals surface area contributed by atoms with Crippen molar-refractivity contribution in [2.24, 2.45) is 5.92 Å². The van der Waals surface area contributed by atoms with Crippen LogP contribution in [-0.4, -0.2) is 5.78 Å². The molecule has 1 aromatic carbocycles. The van der Waals surface area contributed by atoms with Gasteiger partial charge in [-0.05, 0) is 31.7 Å². The van der Waals surface area contributed by atoms with Crippen LogP contribution in [0.25, 0.3) is 0 Å². The molecule has 1 aromatic rings. The molecule has 1 fully saturated rings. The number of hydrogen-bond acceptors (Lipinski definition) is 1. The third-order valence-corrected chi connectivity index (χ3v) is 3.55. The molecule has 0 unspecified atom stereocenters. The zero-order valence-electron chi connectivity index (χ0n) is 10.0. The van der Waals surface area contributed by atoms with Crippen molar-refractivity contribution in [3.63, 3.8) is 0 Å². The molecule has 0 heterocycles. The van der Waals surface area contributed by atoms with E-state index in [0.29, 0.717) is 11.7 Å². The molecule has 1 heteroatoms. The van der Waals surface area contributed by atoms with E-state index in [1.165, 1.54) is 24.0 Å². The minimum absolute atomic E-state index is 0.379. The van der Waals surface area contributed by atoms with E-state index in [2.05, 4.69) is 31.2 Å². The Morgan fingerprint density at radius 1 is 1.31 bits per heavy atom. The van der Waals surface area contributed by atoms with Gasteiger partial charge >= 0.3 is 0 Å². The van der Waals surface area contributed by atoms with Crippen LogP contribution in [0.2, 0.25) is 0 Å². The van der Waals surface area contributed by atoms with Gasteiger partial charge in [-0.3, -0.25) is 4.79 Å². The van der Waals surface area contributed by atoms with Gasteiger partial charge in [-0.2, -0.15) is 0 Å². The Morgan fingerprint density at radius 2 is 2.06 bits per heavy atom. The molecular weight excluding hydrogens is 196 g/mol. The van der Waals surface area contributed by atoms with Gasteiger partial charge < -0.3 is 0 Å². The predicted octanol–water partition coefficient (Wildman–Crippen LogP) is 3.69. The van der Waals surface area contributed by atoms with E-state index in [4.69, 9.17) is 0 Å². The Hall–Kier alpha value is -1.11. The summed E-state index contributed by atoms with van der Waals surface area (Å²) in [6.07, 6.45) is 6.41. The minimum Gasteiger partial charge on any atom is -0.299 e. The Labute approximate surface area is 97.9 Å². The average Bonchev–Trinajstić information content (AvgIpc) is 2.79. The highest BCUT2D eigenvalue weighted by atomic mass is 16.1. The van der Waals surface area contributed by atoms with Crippen LogP contribution in [0.1, 0.15) is 43.2 Å². The first-order valence-corrected chi connectivity index (χ1v) is 6.34. The van der Waals surface area contributed by atoms with Crippen LogP contribution in [0, 0.1) is 12.8 Å². The van der Waals surface area contributed by atoms with Crippen LogP contribution in [0.5, 0.6) is 0 Å². The summed E-state index contributed by atoms with van der Waals surface area (Å²) in [4.78, 5) is 11.9. The molecule has 16 heavy (non-hydrogen) atoms. The monoisotopic (exact) mass is 216 g/mol. The van der Waals surface area contributed by atoms with Crippen LogP contribution >= 0.6 is 0 Å². The molecule has 0 atom stereocenters. The van der Waals surface area contributed by atoms with Crippen molar-refractivity contribution in [3.8, 4) is 0 Å². The number of carbonyl (C=O) groups excluding carboxylic acids is 1. The largest absolute Gasteiger partial charge is 0.299 e. The van der Waals surface area contributed by atoms with Gasteiger partial charge in [-0.1, -0.05) is 42.7 Å². The van der Waals surface area contributed by atoms with Crippen LogP contribution in [0.3, 0.4) is 0 Å². The number of Topliss-reactive ketones (excluding diaryl/α,β-unsaturated/α-hetero) is 1. The molecule has 0 bridgehead atoms. The Balaban J connectivity index is 1.84. The fourth-order valence-electron chi connectivity index (χ4n) is 2.59. The van der Waals surface area contributed by atoms with E-state index in [-0.39, 0.29) is 0 Å². The fourth-order valence-corrected chi connectivity index (χ4v) is 2.59. The molecular formula is C15H20O. The maximum absolute atomic E-state index is 11.9. The number of benzene rings is 1. The van der Waals surface area contributed by atoms with Crippen molar-refractivity contribution < 1.29 is 4.79 Å². The molecule has 1 aliphatic rings. The average molecular weight is 216 g/mol. The quantitative estimate of drug-likeness (QED) is 0.750. The third-order valence-electron chi connectivity index (χ3n) is 3.55. The van der Waals surface area contributed by atoms with Crippen LogP contribution in [0.4, 0.5) is 0 Å². The number of rotatable bonds is 4. The van der Waals surface area contributed by atoms with E-state index in [9.17, 15) is 4.79 Å². The first kappa shape index (κ1) is 11.4. The number of aryl methyl sites for hydroxylation is 2. The van der Waals surface area contributed by atoms with E-state index in [0.717, 1.165) is 25.7 Å². The molecule has 0 aliphatic heterocycles. The topological polar surface area (TPSA) is 17.1 Å². The summed E-state index contributed by atoms with van der Waals surface area (Å²) in [6.45, 7) is 2.10. The highest BCUT2D eigenvalue weighted by Gasteiger charge is 2.21. The number of ketones is 1. The second-order valence-corrected chi connectivity index (χ2v) is 4.94. The molecule has 0 amide bonds. The lowest BCUT2D eigenvalue weighted by molar-refractivity contribution is -0.122. The van der Waals surface area contributed by atoms with Gasteiger partial charge in [0, 0.05) is 12.3 Å². The second-order valence-electron chi connectivity index (χ2n) is 4.94.